The molecule has 3 aromatic rings. The van der Waals surface area contributed by atoms with Crippen LogP contribution in [0.1, 0.15) is 23.9 Å². The smallest absolute Gasteiger partial charge is 0.241 e. The third-order valence-electron chi connectivity index (χ3n) is 5.75. The lowest BCUT2D eigenvalue weighted by Gasteiger charge is -2.36. The van der Waals surface area contributed by atoms with Crippen LogP contribution in [0.3, 0.4) is 0 Å². The number of aryl methyl sites for hydroxylation is 1. The van der Waals surface area contributed by atoms with E-state index in [1.807, 2.05) is 38.1 Å². The molecule has 8 heteroatoms. The molecule has 2 heterocycles. The molecule has 4 rings (SSSR count). The molecule has 1 N–H and O–H groups in total. The summed E-state index contributed by atoms with van der Waals surface area (Å²) in [5.41, 5.74) is 3.40. The molecule has 1 amide bonds. The fraction of sp³-hybridized carbons (Fsp3) is 0.333. The van der Waals surface area contributed by atoms with Crippen molar-refractivity contribution in [3.63, 3.8) is 0 Å². The number of aromatic nitrogens is 2. The Kier molecular flexibility index (Phi) is 6.59. The van der Waals surface area contributed by atoms with Crippen molar-refractivity contribution >= 4 is 11.6 Å². The molecule has 0 spiro atoms. The Hall–Kier alpha value is -3.54. The van der Waals surface area contributed by atoms with Gasteiger partial charge in [-0.15, -0.1) is 0 Å². The summed E-state index contributed by atoms with van der Waals surface area (Å²) < 4.78 is 5.45. The van der Waals surface area contributed by atoms with Gasteiger partial charge in [0.15, 0.2) is 0 Å². The highest BCUT2D eigenvalue weighted by atomic mass is 16.5. The fourth-order valence-corrected chi connectivity index (χ4v) is 3.68. The van der Waals surface area contributed by atoms with Gasteiger partial charge in [0.1, 0.15) is 0 Å². The molecule has 0 radical (unpaired) electrons. The molecule has 164 valence electrons. The summed E-state index contributed by atoms with van der Waals surface area (Å²) in [5.74, 6) is 1.15. The minimum Gasteiger partial charge on any atom is -0.338 e. The number of carbonyl (C=O) groups is 1. The number of nitrogens with zero attached hydrogens (tertiary/aromatic N) is 5. The highest BCUT2D eigenvalue weighted by molar-refractivity contribution is 5.94. The van der Waals surface area contributed by atoms with Crippen molar-refractivity contribution in [1.82, 2.24) is 19.9 Å². The van der Waals surface area contributed by atoms with E-state index in [9.17, 15) is 4.79 Å². The van der Waals surface area contributed by atoms with E-state index in [2.05, 4.69) is 31.3 Å². The highest BCUT2D eigenvalue weighted by Gasteiger charge is 2.26. The second-order valence-corrected chi connectivity index (χ2v) is 8.04. The Balaban J connectivity index is 1.27. The zero-order chi connectivity index (χ0) is 22.5. The number of hydrogen-bond acceptors (Lipinski definition) is 7. The van der Waals surface area contributed by atoms with Gasteiger partial charge in [0.2, 0.25) is 17.6 Å². The Morgan fingerprint density at radius 3 is 2.47 bits per heavy atom. The molecule has 0 unspecified atom stereocenters. The molecule has 1 saturated heterocycles. The van der Waals surface area contributed by atoms with E-state index < -0.39 is 0 Å². The lowest BCUT2D eigenvalue weighted by Crippen LogP contribution is -2.52. The van der Waals surface area contributed by atoms with Crippen molar-refractivity contribution in [3.8, 4) is 17.5 Å². The quantitative estimate of drug-likeness (QED) is 0.642. The Labute approximate surface area is 187 Å². The molecule has 1 aliphatic heterocycles. The molecular weight excluding hydrogens is 404 g/mol. The fourth-order valence-electron chi connectivity index (χ4n) is 3.68. The summed E-state index contributed by atoms with van der Waals surface area (Å²) >= 11 is 0. The van der Waals surface area contributed by atoms with Gasteiger partial charge in [-0.2, -0.15) is 10.2 Å². The van der Waals surface area contributed by atoms with Crippen LogP contribution < -0.4 is 5.32 Å². The number of piperazine rings is 1. The van der Waals surface area contributed by atoms with Crippen molar-refractivity contribution in [3.05, 3.63) is 65.5 Å². The van der Waals surface area contributed by atoms with Crippen LogP contribution in [-0.2, 0) is 11.3 Å². The molecular formula is C24H26N6O2. The van der Waals surface area contributed by atoms with Crippen molar-refractivity contribution in [2.45, 2.75) is 26.4 Å². The maximum Gasteiger partial charge on any atom is 0.241 e. The summed E-state index contributed by atoms with van der Waals surface area (Å²) in [4.78, 5) is 21.6. The number of anilines is 1. The van der Waals surface area contributed by atoms with Crippen LogP contribution in [0.2, 0.25) is 0 Å². The van der Waals surface area contributed by atoms with Crippen LogP contribution in [0.25, 0.3) is 11.4 Å². The standard InChI is InChI=1S/C24H26N6O2/c1-17-3-7-20(8-4-17)23-27-22(32-28-23)16-29-11-13-30(14-12-29)18(2)24(31)26-21-9-5-19(15-25)6-10-21/h3-10,18H,11-14,16H2,1-2H3,(H,26,31)/t18-/m1/s1. The number of nitrogens with one attached hydrogen (secondary N) is 1. The summed E-state index contributed by atoms with van der Waals surface area (Å²) in [5, 5.41) is 15.9. The predicted octanol–water partition coefficient (Wildman–Crippen LogP) is 3.06. The van der Waals surface area contributed by atoms with Crippen molar-refractivity contribution < 1.29 is 9.32 Å². The molecule has 2 aromatic carbocycles. The van der Waals surface area contributed by atoms with Gasteiger partial charge in [0.25, 0.3) is 0 Å². The van der Waals surface area contributed by atoms with Crippen LogP contribution in [0.4, 0.5) is 5.69 Å². The predicted molar refractivity (Wildman–Crippen MR) is 121 cm³/mol. The van der Waals surface area contributed by atoms with Gasteiger partial charge in [-0.1, -0.05) is 35.0 Å². The van der Waals surface area contributed by atoms with Crippen LogP contribution >= 0.6 is 0 Å². The number of carbonyl (C=O) groups excluding carboxylic acids is 1. The largest absolute Gasteiger partial charge is 0.338 e. The van der Waals surface area contributed by atoms with E-state index in [0.717, 1.165) is 31.7 Å². The third-order valence-corrected chi connectivity index (χ3v) is 5.75. The molecule has 0 saturated carbocycles. The van der Waals surface area contributed by atoms with E-state index in [4.69, 9.17) is 9.78 Å². The zero-order valence-corrected chi connectivity index (χ0v) is 18.3. The molecule has 32 heavy (non-hydrogen) atoms. The van der Waals surface area contributed by atoms with Gasteiger partial charge >= 0.3 is 0 Å². The molecule has 0 aliphatic carbocycles. The van der Waals surface area contributed by atoms with Crippen molar-refractivity contribution in [2.24, 2.45) is 0 Å². The first-order valence-corrected chi connectivity index (χ1v) is 10.7. The number of nitriles is 1. The summed E-state index contributed by atoms with van der Waals surface area (Å²) in [6.07, 6.45) is 0. The topological polar surface area (TPSA) is 98.3 Å². The minimum atomic E-state index is -0.246. The summed E-state index contributed by atoms with van der Waals surface area (Å²) in [6.45, 7) is 7.75. The first-order chi connectivity index (χ1) is 15.5. The summed E-state index contributed by atoms with van der Waals surface area (Å²) in [6, 6.07) is 16.8. The number of benzene rings is 2. The molecule has 1 aromatic heterocycles. The third kappa shape index (κ3) is 5.19. The van der Waals surface area contributed by atoms with E-state index in [1.165, 1.54) is 5.56 Å². The average molecular weight is 431 g/mol. The lowest BCUT2D eigenvalue weighted by molar-refractivity contribution is -0.121. The number of rotatable bonds is 6. The van der Waals surface area contributed by atoms with Crippen molar-refractivity contribution in [1.29, 1.82) is 5.26 Å². The van der Waals surface area contributed by atoms with Gasteiger partial charge < -0.3 is 9.84 Å². The van der Waals surface area contributed by atoms with Gasteiger partial charge in [0, 0.05) is 37.4 Å². The second-order valence-electron chi connectivity index (χ2n) is 8.04. The first-order valence-electron chi connectivity index (χ1n) is 10.7. The van der Waals surface area contributed by atoms with Gasteiger partial charge in [-0.3, -0.25) is 14.6 Å². The van der Waals surface area contributed by atoms with E-state index in [1.54, 1.807) is 24.3 Å². The Bertz CT molecular complexity index is 1090. The Morgan fingerprint density at radius 2 is 1.81 bits per heavy atom. The van der Waals surface area contributed by atoms with Crippen molar-refractivity contribution in [2.75, 3.05) is 31.5 Å². The van der Waals surface area contributed by atoms with Gasteiger partial charge in [0.05, 0.1) is 24.2 Å². The summed E-state index contributed by atoms with van der Waals surface area (Å²) in [7, 11) is 0. The maximum atomic E-state index is 12.6. The SMILES string of the molecule is Cc1ccc(-c2noc(CN3CCN([C@H](C)C(=O)Nc4ccc(C#N)cc4)CC3)n2)cc1. The minimum absolute atomic E-state index is 0.0530. The molecule has 8 nitrogen and oxygen atoms in total. The van der Waals surface area contributed by atoms with E-state index >= 15 is 0 Å². The first kappa shape index (κ1) is 21.7. The van der Waals surface area contributed by atoms with Crippen LogP contribution in [0, 0.1) is 18.3 Å². The number of amides is 1. The number of hydrogen-bond donors (Lipinski definition) is 1. The molecule has 0 bridgehead atoms. The lowest BCUT2D eigenvalue weighted by atomic mass is 10.1. The Morgan fingerprint density at radius 1 is 1.12 bits per heavy atom. The van der Waals surface area contributed by atoms with Crippen LogP contribution in [0.5, 0.6) is 0 Å². The highest BCUT2D eigenvalue weighted by Crippen LogP contribution is 2.18. The second kappa shape index (κ2) is 9.73. The van der Waals surface area contributed by atoms with E-state index in [-0.39, 0.29) is 11.9 Å². The molecule has 1 aliphatic rings. The van der Waals surface area contributed by atoms with Crippen LogP contribution in [-0.4, -0.2) is 58.1 Å². The monoisotopic (exact) mass is 430 g/mol. The average Bonchev–Trinajstić information content (AvgIpc) is 3.28. The normalized spacial score (nSPS) is 15.8. The van der Waals surface area contributed by atoms with Gasteiger partial charge in [-0.05, 0) is 38.1 Å². The van der Waals surface area contributed by atoms with Gasteiger partial charge in [-0.25, -0.2) is 0 Å². The van der Waals surface area contributed by atoms with Crippen LogP contribution in [0.15, 0.2) is 53.1 Å². The van der Waals surface area contributed by atoms with E-state index in [0.29, 0.717) is 29.5 Å². The molecule has 1 fully saturated rings. The molecule has 1 atom stereocenters. The zero-order valence-electron chi connectivity index (χ0n) is 18.3. The maximum absolute atomic E-state index is 12.6.